The van der Waals surface area contributed by atoms with Crippen LogP contribution in [-0.2, 0) is 11.2 Å². The second-order valence-electron chi connectivity index (χ2n) is 3.40. The maximum absolute atomic E-state index is 13.5. The fourth-order valence-electron chi connectivity index (χ4n) is 1.25. The van der Waals surface area contributed by atoms with E-state index in [4.69, 9.17) is 5.26 Å². The lowest BCUT2D eigenvalue weighted by Gasteiger charge is -1.99. The van der Waals surface area contributed by atoms with E-state index in [1.807, 2.05) is 6.07 Å². The van der Waals surface area contributed by atoms with E-state index in [1.165, 1.54) is 24.8 Å². The number of carbonyl (C=O) groups excluding carboxylic acids is 1. The predicted octanol–water partition coefficient (Wildman–Crippen LogP) is 3.18. The SMILES string of the molecule is CC(=O)SCC=Cc1ccc(CC#N)cc1F. The minimum atomic E-state index is -0.346. The molecule has 0 spiro atoms. The van der Waals surface area contributed by atoms with Crippen molar-refractivity contribution in [3.63, 3.8) is 0 Å². The van der Waals surface area contributed by atoms with E-state index in [2.05, 4.69) is 0 Å². The quantitative estimate of drug-likeness (QED) is 0.822. The molecule has 1 aromatic carbocycles. The summed E-state index contributed by atoms with van der Waals surface area (Å²) in [5.41, 5.74) is 1.14. The van der Waals surface area contributed by atoms with Gasteiger partial charge in [0.15, 0.2) is 5.12 Å². The smallest absolute Gasteiger partial charge is 0.186 e. The average molecular weight is 249 g/mol. The molecule has 1 aromatic rings. The van der Waals surface area contributed by atoms with Gasteiger partial charge in [0.05, 0.1) is 12.5 Å². The Balaban J connectivity index is 2.66. The molecule has 0 unspecified atom stereocenters. The first kappa shape index (κ1) is 13.5. The number of nitrogens with zero attached hydrogens (tertiary/aromatic N) is 1. The van der Waals surface area contributed by atoms with E-state index in [1.54, 1.807) is 24.3 Å². The topological polar surface area (TPSA) is 40.9 Å². The van der Waals surface area contributed by atoms with Gasteiger partial charge in [-0.1, -0.05) is 36.0 Å². The minimum absolute atomic E-state index is 0.0412. The van der Waals surface area contributed by atoms with Gasteiger partial charge in [-0.3, -0.25) is 4.79 Å². The number of hydrogen-bond donors (Lipinski definition) is 0. The van der Waals surface area contributed by atoms with E-state index >= 15 is 0 Å². The highest BCUT2D eigenvalue weighted by Gasteiger charge is 2.00. The van der Waals surface area contributed by atoms with Crippen LogP contribution in [0.1, 0.15) is 18.1 Å². The Morgan fingerprint density at radius 1 is 1.59 bits per heavy atom. The second-order valence-corrected chi connectivity index (χ2v) is 4.59. The van der Waals surface area contributed by atoms with Gasteiger partial charge in [-0.25, -0.2) is 4.39 Å². The molecule has 2 nitrogen and oxygen atoms in total. The second kappa shape index (κ2) is 6.87. The van der Waals surface area contributed by atoms with Crippen molar-refractivity contribution in [2.45, 2.75) is 13.3 Å². The molecule has 0 bridgehead atoms. The lowest BCUT2D eigenvalue weighted by Crippen LogP contribution is -1.88. The molecule has 0 aliphatic carbocycles. The maximum Gasteiger partial charge on any atom is 0.186 e. The van der Waals surface area contributed by atoms with Crippen molar-refractivity contribution >= 4 is 23.0 Å². The zero-order valence-corrected chi connectivity index (χ0v) is 10.3. The molecule has 0 heterocycles. The van der Waals surface area contributed by atoms with Crippen LogP contribution in [0.5, 0.6) is 0 Å². The molecule has 17 heavy (non-hydrogen) atoms. The lowest BCUT2D eigenvalue weighted by molar-refractivity contribution is -0.109. The summed E-state index contributed by atoms with van der Waals surface area (Å²) >= 11 is 1.18. The van der Waals surface area contributed by atoms with E-state index in [0.717, 1.165) is 0 Å². The van der Waals surface area contributed by atoms with Crippen LogP contribution >= 0.6 is 11.8 Å². The zero-order valence-electron chi connectivity index (χ0n) is 9.44. The van der Waals surface area contributed by atoms with Gasteiger partial charge in [0, 0.05) is 18.2 Å². The third-order valence-electron chi connectivity index (χ3n) is 2.03. The van der Waals surface area contributed by atoms with Gasteiger partial charge in [0.25, 0.3) is 0 Å². The molecule has 0 aliphatic rings. The molecule has 0 aromatic heterocycles. The number of carbonyl (C=O) groups is 1. The molecule has 0 aliphatic heterocycles. The van der Waals surface area contributed by atoms with Crippen molar-refractivity contribution < 1.29 is 9.18 Å². The summed E-state index contributed by atoms with van der Waals surface area (Å²) in [5, 5.41) is 8.53. The van der Waals surface area contributed by atoms with Crippen LogP contribution in [0.2, 0.25) is 0 Å². The Morgan fingerprint density at radius 2 is 2.35 bits per heavy atom. The molecule has 0 fully saturated rings. The number of halogens is 1. The van der Waals surface area contributed by atoms with Crippen LogP contribution in [0.15, 0.2) is 24.3 Å². The first-order chi connectivity index (χ1) is 8.13. The summed E-state index contributed by atoms with van der Waals surface area (Å²) in [6.07, 6.45) is 3.59. The largest absolute Gasteiger partial charge is 0.288 e. The Kier molecular flexibility index (Phi) is 5.44. The maximum atomic E-state index is 13.5. The predicted molar refractivity (Wildman–Crippen MR) is 67.9 cm³/mol. The zero-order chi connectivity index (χ0) is 12.7. The highest BCUT2D eigenvalue weighted by molar-refractivity contribution is 8.13. The summed E-state index contributed by atoms with van der Waals surface area (Å²) in [6.45, 7) is 1.50. The monoisotopic (exact) mass is 249 g/mol. The number of thioether (sulfide) groups is 1. The van der Waals surface area contributed by atoms with Gasteiger partial charge < -0.3 is 0 Å². The van der Waals surface area contributed by atoms with Gasteiger partial charge in [0.2, 0.25) is 0 Å². The number of rotatable bonds is 4. The molecular weight excluding hydrogens is 237 g/mol. The molecular formula is C13H12FNOS. The Bertz CT molecular complexity index is 477. The van der Waals surface area contributed by atoms with Crippen molar-refractivity contribution in [1.82, 2.24) is 0 Å². The third kappa shape index (κ3) is 4.83. The number of nitriles is 1. The molecule has 1 rings (SSSR count). The summed E-state index contributed by atoms with van der Waals surface area (Å²) < 4.78 is 13.5. The standard InChI is InChI=1S/C13H12FNOS/c1-10(16)17-8-2-3-12-5-4-11(6-7-15)9-13(12)14/h2-5,9H,6,8H2,1H3. The Morgan fingerprint density at radius 3 is 2.94 bits per heavy atom. The van der Waals surface area contributed by atoms with Gasteiger partial charge in [0.1, 0.15) is 5.82 Å². The molecule has 4 heteroatoms. The van der Waals surface area contributed by atoms with E-state index in [0.29, 0.717) is 16.9 Å². The molecule has 0 saturated carbocycles. The van der Waals surface area contributed by atoms with Crippen molar-refractivity contribution in [3.05, 3.63) is 41.2 Å². The molecule has 0 amide bonds. The first-order valence-electron chi connectivity index (χ1n) is 5.08. The lowest BCUT2D eigenvalue weighted by atomic mass is 10.1. The third-order valence-corrected chi connectivity index (χ3v) is 2.79. The normalized spacial score (nSPS) is 10.4. The highest BCUT2D eigenvalue weighted by Crippen LogP contribution is 2.13. The summed E-state index contributed by atoms with van der Waals surface area (Å²) in [4.78, 5) is 10.7. The van der Waals surface area contributed by atoms with Crippen LogP contribution in [-0.4, -0.2) is 10.9 Å². The van der Waals surface area contributed by atoms with Crippen molar-refractivity contribution in [1.29, 1.82) is 5.26 Å². The molecule has 88 valence electrons. The van der Waals surface area contributed by atoms with E-state index in [-0.39, 0.29) is 17.4 Å². The molecule has 0 atom stereocenters. The van der Waals surface area contributed by atoms with Gasteiger partial charge in [-0.05, 0) is 11.6 Å². The Hall–Kier alpha value is -1.60. The van der Waals surface area contributed by atoms with Crippen LogP contribution in [0.4, 0.5) is 4.39 Å². The van der Waals surface area contributed by atoms with Crippen molar-refractivity contribution in [3.8, 4) is 6.07 Å². The van der Waals surface area contributed by atoms with Crippen LogP contribution in [0.25, 0.3) is 6.08 Å². The number of hydrogen-bond acceptors (Lipinski definition) is 3. The van der Waals surface area contributed by atoms with E-state index in [9.17, 15) is 9.18 Å². The fourth-order valence-corrected chi connectivity index (χ4v) is 1.67. The van der Waals surface area contributed by atoms with Gasteiger partial charge in [-0.2, -0.15) is 5.26 Å². The van der Waals surface area contributed by atoms with Crippen LogP contribution in [0.3, 0.4) is 0 Å². The van der Waals surface area contributed by atoms with Crippen LogP contribution < -0.4 is 0 Å². The fraction of sp³-hybridized carbons (Fsp3) is 0.231. The van der Waals surface area contributed by atoms with Crippen LogP contribution in [0, 0.1) is 17.1 Å². The van der Waals surface area contributed by atoms with Gasteiger partial charge >= 0.3 is 0 Å². The number of benzene rings is 1. The van der Waals surface area contributed by atoms with Gasteiger partial charge in [-0.15, -0.1) is 0 Å². The molecule has 0 N–H and O–H groups in total. The Labute approximate surface area is 104 Å². The summed E-state index contributed by atoms with van der Waals surface area (Å²) in [6, 6.07) is 6.69. The first-order valence-corrected chi connectivity index (χ1v) is 6.07. The van der Waals surface area contributed by atoms with Crippen molar-refractivity contribution in [2.75, 3.05) is 5.75 Å². The minimum Gasteiger partial charge on any atom is -0.288 e. The van der Waals surface area contributed by atoms with Crippen molar-refractivity contribution in [2.24, 2.45) is 0 Å². The summed E-state index contributed by atoms with van der Waals surface area (Å²) in [5.74, 6) is 0.191. The molecule has 0 radical (unpaired) electrons. The molecule has 0 saturated heterocycles. The average Bonchev–Trinajstić information content (AvgIpc) is 2.27. The van der Waals surface area contributed by atoms with E-state index < -0.39 is 0 Å². The summed E-state index contributed by atoms with van der Waals surface area (Å²) in [7, 11) is 0. The highest BCUT2D eigenvalue weighted by atomic mass is 32.2.